The summed E-state index contributed by atoms with van der Waals surface area (Å²) in [4.78, 5) is 27.0. The van der Waals surface area contributed by atoms with Crippen LogP contribution in [0.4, 0.5) is 14.5 Å². The molecule has 26 heavy (non-hydrogen) atoms. The normalized spacial score (nSPS) is 20.7. The third-order valence-corrected chi connectivity index (χ3v) is 5.64. The lowest BCUT2D eigenvalue weighted by Crippen LogP contribution is -2.51. The smallest absolute Gasteiger partial charge is 0.341 e. The van der Waals surface area contributed by atoms with Gasteiger partial charge in [0.05, 0.1) is 18.4 Å². The van der Waals surface area contributed by atoms with Crippen molar-refractivity contribution in [2.45, 2.75) is 50.1 Å². The third kappa shape index (κ3) is 3.34. The maximum absolute atomic E-state index is 13.6. The fraction of sp³-hybridized carbons (Fsp3) is 0.667. The number of aromatic nitrogens is 1. The molecule has 1 aliphatic heterocycles. The van der Waals surface area contributed by atoms with Crippen molar-refractivity contribution in [2.24, 2.45) is 0 Å². The van der Waals surface area contributed by atoms with E-state index in [-0.39, 0.29) is 24.4 Å². The number of piperidine rings is 1. The van der Waals surface area contributed by atoms with E-state index in [1.165, 1.54) is 19.4 Å². The first-order valence-electron chi connectivity index (χ1n) is 8.96. The number of carbonyl (C=O) groups is 1. The molecule has 2 heterocycles. The minimum Gasteiger partial charge on any atom is -0.465 e. The van der Waals surface area contributed by atoms with E-state index in [1.54, 1.807) is 0 Å². The van der Waals surface area contributed by atoms with Gasteiger partial charge in [-0.25, -0.2) is 13.6 Å². The number of likely N-dealkylation sites (tertiary alicyclic amines) is 1. The number of alkyl halides is 2. The van der Waals surface area contributed by atoms with Gasteiger partial charge in [-0.3, -0.25) is 4.79 Å². The average Bonchev–Trinajstić information content (AvgIpc) is 2.56. The van der Waals surface area contributed by atoms with Crippen molar-refractivity contribution in [3.63, 3.8) is 0 Å². The average molecular weight is 369 g/mol. The van der Waals surface area contributed by atoms with Gasteiger partial charge in [0.15, 0.2) is 0 Å². The Hall–Kier alpha value is -1.96. The molecule has 1 N–H and O–H groups in total. The maximum atomic E-state index is 13.6. The lowest BCUT2D eigenvalue weighted by atomic mass is 9.76. The predicted molar refractivity (Wildman–Crippen MR) is 94.0 cm³/mol. The van der Waals surface area contributed by atoms with Gasteiger partial charge < -0.3 is 19.5 Å². The number of hydrogen-bond acceptors (Lipinski definition) is 5. The molecule has 2 fully saturated rings. The number of nitrogens with one attached hydrogen (secondary N) is 1. The van der Waals surface area contributed by atoms with Crippen LogP contribution in [-0.4, -0.2) is 55.2 Å². The summed E-state index contributed by atoms with van der Waals surface area (Å²) >= 11 is 0. The number of anilines is 1. The zero-order valence-electron chi connectivity index (χ0n) is 15.1. The van der Waals surface area contributed by atoms with Crippen LogP contribution in [0.1, 0.15) is 42.5 Å². The van der Waals surface area contributed by atoms with E-state index in [0.29, 0.717) is 12.1 Å². The van der Waals surface area contributed by atoms with Crippen LogP contribution in [0.2, 0.25) is 0 Å². The largest absolute Gasteiger partial charge is 0.465 e. The summed E-state index contributed by atoms with van der Waals surface area (Å²) < 4.78 is 33.1. The number of rotatable bonds is 5. The summed E-state index contributed by atoms with van der Waals surface area (Å²) in [6.45, 7) is 1.83. The van der Waals surface area contributed by atoms with Crippen LogP contribution in [-0.2, 0) is 10.3 Å². The summed E-state index contributed by atoms with van der Waals surface area (Å²) in [5.74, 6) is -0.641. The van der Waals surface area contributed by atoms with Crippen LogP contribution in [0.3, 0.4) is 0 Å². The van der Waals surface area contributed by atoms with Crippen LogP contribution in [0.25, 0.3) is 0 Å². The molecule has 0 atom stereocenters. The molecule has 6 nitrogen and oxygen atoms in total. The summed E-state index contributed by atoms with van der Waals surface area (Å²) in [6, 6.07) is 1.38. The molecule has 0 unspecified atom stereocenters. The highest BCUT2D eigenvalue weighted by Gasteiger charge is 2.48. The Morgan fingerprint density at radius 2 is 2.00 bits per heavy atom. The van der Waals surface area contributed by atoms with Gasteiger partial charge in [-0.2, -0.15) is 0 Å². The number of pyridine rings is 1. The summed E-state index contributed by atoms with van der Waals surface area (Å²) in [5.41, 5.74) is -1.55. The van der Waals surface area contributed by atoms with Crippen molar-refractivity contribution in [1.29, 1.82) is 0 Å². The maximum Gasteiger partial charge on any atom is 0.341 e. The van der Waals surface area contributed by atoms with Gasteiger partial charge >= 0.3 is 5.97 Å². The molecule has 2 aliphatic rings. The van der Waals surface area contributed by atoms with Crippen molar-refractivity contribution >= 4 is 11.7 Å². The summed E-state index contributed by atoms with van der Waals surface area (Å²) in [7, 11) is 3.28. The summed E-state index contributed by atoms with van der Waals surface area (Å²) in [5, 5.41) is 3.24. The molecule has 1 saturated heterocycles. The number of methoxy groups -OCH3 is 1. The van der Waals surface area contributed by atoms with E-state index in [2.05, 4.69) is 10.2 Å². The molecule has 0 amide bonds. The lowest BCUT2D eigenvalue weighted by Gasteiger charge is -2.42. The van der Waals surface area contributed by atoms with Crippen molar-refractivity contribution < 1.29 is 18.3 Å². The number of carbonyl (C=O) groups excluding carboxylic acids is 1. The molecule has 0 radical (unpaired) electrons. The molecule has 0 spiro atoms. The first kappa shape index (κ1) is 18.8. The molecular weight excluding hydrogens is 344 g/mol. The minimum absolute atomic E-state index is 0.123. The standard InChI is InChI=1S/C18H25F2N3O3/c1-22-8-4-12(5-9-22)21-14-10-15(24)23(11-13(14)16(25)26-2)18(17(19)20)6-3-7-18/h10-12,17,21H,3-9H2,1-2H3. The Balaban J connectivity index is 1.96. The van der Waals surface area contributed by atoms with Gasteiger partial charge in [0.25, 0.3) is 12.0 Å². The molecule has 8 heteroatoms. The van der Waals surface area contributed by atoms with Gasteiger partial charge in [-0.1, -0.05) is 0 Å². The molecule has 1 saturated carbocycles. The van der Waals surface area contributed by atoms with Crippen molar-refractivity contribution in [1.82, 2.24) is 9.47 Å². The SMILES string of the molecule is COC(=O)c1cn(C2(C(F)F)CCC2)c(=O)cc1NC1CCN(C)CC1. The Morgan fingerprint density at radius 1 is 1.35 bits per heavy atom. The highest BCUT2D eigenvalue weighted by molar-refractivity contribution is 5.95. The second-order valence-corrected chi connectivity index (χ2v) is 7.28. The van der Waals surface area contributed by atoms with E-state index in [9.17, 15) is 18.4 Å². The predicted octanol–water partition coefficient (Wildman–Crippen LogP) is 2.29. The number of hydrogen-bond donors (Lipinski definition) is 1. The third-order valence-electron chi connectivity index (χ3n) is 5.64. The highest BCUT2D eigenvalue weighted by Crippen LogP contribution is 2.43. The Morgan fingerprint density at radius 3 is 2.50 bits per heavy atom. The molecule has 1 aromatic heterocycles. The molecule has 1 aliphatic carbocycles. The topological polar surface area (TPSA) is 63.6 Å². The first-order chi connectivity index (χ1) is 12.4. The van der Waals surface area contributed by atoms with E-state index >= 15 is 0 Å². The Kier molecular flexibility index (Phi) is 5.32. The van der Waals surface area contributed by atoms with Crippen LogP contribution in [0, 0.1) is 0 Å². The monoisotopic (exact) mass is 369 g/mol. The van der Waals surface area contributed by atoms with Gasteiger partial charge in [0.2, 0.25) is 0 Å². The molecule has 0 aromatic carbocycles. The van der Waals surface area contributed by atoms with Crippen molar-refractivity contribution in [2.75, 3.05) is 32.6 Å². The number of ether oxygens (including phenoxy) is 1. The lowest BCUT2D eigenvalue weighted by molar-refractivity contribution is -0.0505. The van der Waals surface area contributed by atoms with Crippen molar-refractivity contribution in [3.8, 4) is 0 Å². The van der Waals surface area contributed by atoms with Gasteiger partial charge in [0, 0.05) is 18.3 Å². The minimum atomic E-state index is -2.66. The van der Waals surface area contributed by atoms with Crippen LogP contribution >= 0.6 is 0 Å². The molecular formula is C18H25F2N3O3. The van der Waals surface area contributed by atoms with E-state index in [4.69, 9.17) is 4.74 Å². The van der Waals surface area contributed by atoms with Crippen LogP contribution in [0.5, 0.6) is 0 Å². The molecule has 0 bridgehead atoms. The van der Waals surface area contributed by atoms with Gasteiger partial charge in [0.1, 0.15) is 5.54 Å². The summed E-state index contributed by atoms with van der Waals surface area (Å²) in [6.07, 6.45) is 1.44. The molecule has 144 valence electrons. The number of nitrogens with zero attached hydrogens (tertiary/aromatic N) is 2. The second-order valence-electron chi connectivity index (χ2n) is 7.28. The van der Waals surface area contributed by atoms with Gasteiger partial charge in [-0.05, 0) is 52.2 Å². The quantitative estimate of drug-likeness (QED) is 0.807. The van der Waals surface area contributed by atoms with E-state index in [0.717, 1.165) is 30.5 Å². The zero-order valence-corrected chi connectivity index (χ0v) is 15.1. The van der Waals surface area contributed by atoms with Crippen LogP contribution < -0.4 is 10.9 Å². The Bertz CT molecular complexity index is 723. The molecule has 1 aromatic rings. The van der Waals surface area contributed by atoms with Gasteiger partial charge in [-0.15, -0.1) is 0 Å². The second kappa shape index (κ2) is 7.34. The molecule has 3 rings (SSSR count). The van der Waals surface area contributed by atoms with E-state index in [1.807, 2.05) is 7.05 Å². The van der Waals surface area contributed by atoms with Crippen LogP contribution in [0.15, 0.2) is 17.1 Å². The number of esters is 1. The first-order valence-corrected chi connectivity index (χ1v) is 8.96. The Labute approximate surface area is 151 Å². The fourth-order valence-electron chi connectivity index (χ4n) is 3.75. The highest BCUT2D eigenvalue weighted by atomic mass is 19.3. The van der Waals surface area contributed by atoms with E-state index < -0.39 is 23.5 Å². The van der Waals surface area contributed by atoms with Crippen molar-refractivity contribution in [3.05, 3.63) is 28.2 Å². The number of halogens is 2. The fourth-order valence-corrected chi connectivity index (χ4v) is 3.75. The zero-order chi connectivity index (χ0) is 18.9.